The van der Waals surface area contributed by atoms with Crippen LogP contribution in [0.4, 0.5) is 0 Å². The number of hydrogen-bond donors (Lipinski definition) is 2. The number of phenolic OH excluding ortho intramolecular Hbond substituents is 1. The summed E-state index contributed by atoms with van der Waals surface area (Å²) in [5.74, 6) is -3.77. The van der Waals surface area contributed by atoms with Gasteiger partial charge in [-0.25, -0.2) is 0 Å². The zero-order valence-electron chi connectivity index (χ0n) is 13.8. The molecule has 0 spiro atoms. The van der Waals surface area contributed by atoms with E-state index in [2.05, 4.69) is 0 Å². The Bertz CT molecular complexity index is 707. The fraction of sp³-hybridized carbons (Fsp3) is 0.529. The molecule has 0 amide bonds. The first kappa shape index (κ1) is 16.7. The van der Waals surface area contributed by atoms with Gasteiger partial charge in [0, 0.05) is 18.4 Å². The lowest BCUT2D eigenvalue weighted by molar-refractivity contribution is -0.227. The second kappa shape index (κ2) is 5.75. The third kappa shape index (κ3) is 2.44. The molecule has 1 aromatic rings. The van der Waals surface area contributed by atoms with E-state index >= 15 is 0 Å². The number of methoxy groups -OCH3 is 1. The molecule has 0 radical (unpaired) electrons. The lowest BCUT2D eigenvalue weighted by Gasteiger charge is -2.41. The molecular formula is C17H20O7. The summed E-state index contributed by atoms with van der Waals surface area (Å²) in [6.45, 7) is 3.44. The van der Waals surface area contributed by atoms with Crippen LogP contribution in [0, 0.1) is 11.8 Å². The maximum atomic E-state index is 12.9. The first-order valence-electron chi connectivity index (χ1n) is 7.82. The third-order valence-electron chi connectivity index (χ3n) is 4.57. The van der Waals surface area contributed by atoms with E-state index in [-0.39, 0.29) is 47.2 Å². The van der Waals surface area contributed by atoms with E-state index in [4.69, 9.17) is 14.2 Å². The predicted molar refractivity (Wildman–Crippen MR) is 82.7 cm³/mol. The van der Waals surface area contributed by atoms with Gasteiger partial charge >= 0.3 is 0 Å². The second-order valence-corrected chi connectivity index (χ2v) is 6.24. The lowest BCUT2D eigenvalue weighted by Crippen LogP contribution is -2.50. The third-order valence-corrected chi connectivity index (χ3v) is 4.57. The van der Waals surface area contributed by atoms with Gasteiger partial charge in [0.15, 0.2) is 28.9 Å². The van der Waals surface area contributed by atoms with Crippen molar-refractivity contribution in [1.82, 2.24) is 0 Å². The number of Topliss-reactive ketones (excluding diaryl/α,β-unsaturated/α-hetero) is 2. The average molecular weight is 336 g/mol. The number of carbonyl (C=O) groups is 2. The number of ether oxygens (including phenoxy) is 3. The first-order chi connectivity index (χ1) is 11.3. The molecule has 1 aromatic carbocycles. The first-order valence-corrected chi connectivity index (χ1v) is 7.82. The van der Waals surface area contributed by atoms with E-state index in [1.165, 1.54) is 20.1 Å². The average Bonchev–Trinajstić information content (AvgIpc) is 2.53. The number of hydrogen-bond acceptors (Lipinski definition) is 7. The standard InChI is InChI=1S/C17H20O7/c1-4-23-10-5-11(22-3)16(20)13-12(10)15(19)9-7-24-17(2,21)6-8(9)14(13)18/h5,8-9,20-21H,4,6-7H2,1-3H3/t8-,9+,17-/m0/s1. The van der Waals surface area contributed by atoms with Gasteiger partial charge in [-0.2, -0.15) is 0 Å². The number of rotatable bonds is 3. The van der Waals surface area contributed by atoms with Crippen LogP contribution in [0.25, 0.3) is 0 Å². The summed E-state index contributed by atoms with van der Waals surface area (Å²) in [7, 11) is 1.36. The van der Waals surface area contributed by atoms with E-state index in [0.29, 0.717) is 6.61 Å². The number of fused-ring (bicyclic) bond motifs is 2. The van der Waals surface area contributed by atoms with E-state index in [0.717, 1.165) is 0 Å². The van der Waals surface area contributed by atoms with Gasteiger partial charge in [-0.15, -0.1) is 0 Å². The Morgan fingerprint density at radius 1 is 1.25 bits per heavy atom. The molecule has 2 aliphatic rings. The summed E-state index contributed by atoms with van der Waals surface area (Å²) in [4.78, 5) is 25.8. The highest BCUT2D eigenvalue weighted by Gasteiger charge is 2.50. The lowest BCUT2D eigenvalue weighted by atomic mass is 9.70. The molecule has 3 atom stereocenters. The van der Waals surface area contributed by atoms with E-state index in [1.54, 1.807) is 6.92 Å². The van der Waals surface area contributed by atoms with Crippen molar-refractivity contribution in [2.75, 3.05) is 20.3 Å². The predicted octanol–water partition coefficient (Wildman–Crippen LogP) is 1.54. The zero-order valence-corrected chi connectivity index (χ0v) is 13.8. The van der Waals surface area contributed by atoms with Gasteiger partial charge in [0.1, 0.15) is 5.75 Å². The Hall–Kier alpha value is -2.12. The van der Waals surface area contributed by atoms with Crippen LogP contribution in [0.15, 0.2) is 6.07 Å². The van der Waals surface area contributed by atoms with Crippen LogP contribution < -0.4 is 9.47 Å². The number of aromatic hydroxyl groups is 1. The highest BCUT2D eigenvalue weighted by atomic mass is 16.6. The summed E-state index contributed by atoms with van der Waals surface area (Å²) in [5.41, 5.74) is -0.0340. The number of ketones is 2. The molecule has 130 valence electrons. The van der Waals surface area contributed by atoms with Crippen LogP contribution in [-0.2, 0) is 4.74 Å². The zero-order chi connectivity index (χ0) is 17.6. The van der Waals surface area contributed by atoms with Gasteiger partial charge in [0.05, 0.1) is 37.4 Å². The van der Waals surface area contributed by atoms with Crippen molar-refractivity contribution in [3.63, 3.8) is 0 Å². The summed E-state index contributed by atoms with van der Waals surface area (Å²) in [5, 5.41) is 20.5. The normalized spacial score (nSPS) is 29.0. The molecule has 7 heteroatoms. The van der Waals surface area contributed by atoms with Crippen LogP contribution >= 0.6 is 0 Å². The minimum Gasteiger partial charge on any atom is -0.504 e. The van der Waals surface area contributed by atoms with E-state index < -0.39 is 23.4 Å². The van der Waals surface area contributed by atoms with Gasteiger partial charge in [-0.05, 0) is 13.8 Å². The molecule has 0 unspecified atom stereocenters. The molecule has 0 bridgehead atoms. The van der Waals surface area contributed by atoms with Crippen LogP contribution in [0.1, 0.15) is 41.0 Å². The van der Waals surface area contributed by atoms with Crippen molar-refractivity contribution in [3.8, 4) is 17.2 Å². The minimum atomic E-state index is -1.48. The molecule has 1 saturated heterocycles. The Morgan fingerprint density at radius 2 is 1.92 bits per heavy atom. The number of aliphatic hydroxyl groups is 1. The number of phenols is 1. The van der Waals surface area contributed by atoms with Crippen molar-refractivity contribution >= 4 is 11.6 Å². The molecule has 1 aliphatic carbocycles. The Kier molecular flexibility index (Phi) is 4.01. The maximum absolute atomic E-state index is 12.9. The molecule has 1 aliphatic heterocycles. The fourth-order valence-electron chi connectivity index (χ4n) is 3.43. The Morgan fingerprint density at radius 3 is 2.54 bits per heavy atom. The summed E-state index contributed by atoms with van der Waals surface area (Å²) < 4.78 is 15.9. The highest BCUT2D eigenvalue weighted by Crippen LogP contribution is 2.48. The number of benzene rings is 1. The SMILES string of the molecule is CCOc1cc(OC)c(O)c2c1C(=O)[C@@H]1CO[C@](C)(O)C[C@@H]1C2=O. The topological polar surface area (TPSA) is 102 Å². The van der Waals surface area contributed by atoms with E-state index in [9.17, 15) is 19.8 Å². The van der Waals surface area contributed by atoms with Crippen molar-refractivity contribution in [2.24, 2.45) is 11.8 Å². The van der Waals surface area contributed by atoms with Crippen molar-refractivity contribution in [1.29, 1.82) is 0 Å². The quantitative estimate of drug-likeness (QED) is 0.863. The van der Waals surface area contributed by atoms with Gasteiger partial charge in [-0.3, -0.25) is 9.59 Å². The van der Waals surface area contributed by atoms with Crippen LogP contribution in [-0.4, -0.2) is 47.9 Å². The molecule has 0 aromatic heterocycles. The minimum absolute atomic E-state index is 0.0116. The molecule has 0 saturated carbocycles. The molecular weight excluding hydrogens is 316 g/mol. The van der Waals surface area contributed by atoms with Crippen LogP contribution in [0.2, 0.25) is 0 Å². The highest BCUT2D eigenvalue weighted by molar-refractivity contribution is 6.19. The van der Waals surface area contributed by atoms with Gasteiger partial charge in [0.25, 0.3) is 0 Å². The molecule has 1 heterocycles. The maximum Gasteiger partial charge on any atom is 0.173 e. The van der Waals surface area contributed by atoms with Gasteiger partial charge < -0.3 is 24.4 Å². The molecule has 2 N–H and O–H groups in total. The van der Waals surface area contributed by atoms with E-state index in [1.807, 2.05) is 0 Å². The van der Waals surface area contributed by atoms with Gasteiger partial charge in [0.2, 0.25) is 0 Å². The smallest absolute Gasteiger partial charge is 0.173 e. The molecule has 24 heavy (non-hydrogen) atoms. The molecule has 7 nitrogen and oxygen atoms in total. The van der Waals surface area contributed by atoms with Crippen molar-refractivity contribution in [2.45, 2.75) is 26.1 Å². The summed E-state index contributed by atoms with van der Waals surface area (Å²) >= 11 is 0. The Labute approximate surface area is 139 Å². The van der Waals surface area contributed by atoms with Gasteiger partial charge in [-0.1, -0.05) is 0 Å². The van der Waals surface area contributed by atoms with Crippen molar-refractivity contribution in [3.05, 3.63) is 17.2 Å². The second-order valence-electron chi connectivity index (χ2n) is 6.24. The Balaban J connectivity index is 2.20. The van der Waals surface area contributed by atoms with Crippen LogP contribution in [0.5, 0.6) is 17.2 Å². The summed E-state index contributed by atoms with van der Waals surface area (Å²) in [6.07, 6.45) is -0.0116. The molecule has 3 rings (SSSR count). The van der Waals surface area contributed by atoms with Crippen LogP contribution in [0.3, 0.4) is 0 Å². The molecule has 1 fully saturated rings. The summed E-state index contributed by atoms with van der Waals surface area (Å²) in [6, 6.07) is 1.41. The number of carbonyl (C=O) groups excluding carboxylic acids is 2. The monoisotopic (exact) mass is 336 g/mol. The fourth-order valence-corrected chi connectivity index (χ4v) is 3.43. The largest absolute Gasteiger partial charge is 0.504 e. The van der Waals surface area contributed by atoms with Crippen molar-refractivity contribution < 1.29 is 34.0 Å².